The first-order valence-corrected chi connectivity index (χ1v) is 11.7. The van der Waals surface area contributed by atoms with Crippen LogP contribution in [0.1, 0.15) is 30.1 Å². The van der Waals surface area contributed by atoms with E-state index in [1.165, 1.54) is 0 Å². The molecule has 34 heavy (non-hydrogen) atoms. The van der Waals surface area contributed by atoms with Crippen LogP contribution in [0.3, 0.4) is 0 Å². The fraction of sp³-hybridized carbons (Fsp3) is 0.333. The second kappa shape index (κ2) is 9.93. The van der Waals surface area contributed by atoms with Gasteiger partial charge in [-0.05, 0) is 67.9 Å². The molecule has 0 bridgehead atoms. The van der Waals surface area contributed by atoms with Crippen molar-refractivity contribution >= 4 is 21.9 Å². The Kier molecular flexibility index (Phi) is 6.58. The monoisotopic (exact) mass is 459 g/mol. The Morgan fingerprint density at radius 1 is 1.18 bits per heavy atom. The third-order valence-corrected chi connectivity index (χ3v) is 6.69. The zero-order valence-electron chi connectivity index (χ0n) is 19.2. The Balaban J connectivity index is 1.17. The molecule has 3 heterocycles. The number of aromatic nitrogens is 1. The van der Waals surface area contributed by atoms with Crippen molar-refractivity contribution in [3.8, 4) is 5.75 Å². The molecule has 5 rings (SSSR count). The number of nitrogens with zero attached hydrogens (tertiary/aromatic N) is 2. The lowest BCUT2D eigenvalue weighted by Crippen LogP contribution is -2.43. The number of piperidine rings is 1. The maximum absolute atomic E-state index is 12.7. The van der Waals surface area contributed by atoms with Gasteiger partial charge in [0.25, 0.3) is 0 Å². The number of pyridine rings is 1. The first-order valence-electron chi connectivity index (χ1n) is 11.7. The molecule has 4 aromatic rings. The van der Waals surface area contributed by atoms with E-state index in [1.807, 2.05) is 42.5 Å². The second-order valence-electron chi connectivity index (χ2n) is 8.84. The molecule has 1 saturated heterocycles. The Morgan fingerprint density at radius 2 is 2.00 bits per heavy atom. The summed E-state index contributed by atoms with van der Waals surface area (Å²) in [5.74, 6) is 0.751. The minimum Gasteiger partial charge on any atom is -0.497 e. The van der Waals surface area contributed by atoms with Crippen LogP contribution >= 0.6 is 0 Å². The van der Waals surface area contributed by atoms with Crippen LogP contribution in [0.15, 0.2) is 70.2 Å². The largest absolute Gasteiger partial charge is 0.497 e. The maximum atomic E-state index is 12.7. The van der Waals surface area contributed by atoms with Crippen LogP contribution in [0.5, 0.6) is 5.75 Å². The fourth-order valence-corrected chi connectivity index (χ4v) is 4.72. The number of benzene rings is 2. The molecule has 1 atom stereocenters. The van der Waals surface area contributed by atoms with Crippen molar-refractivity contribution < 1.29 is 14.3 Å². The van der Waals surface area contributed by atoms with Crippen LogP contribution in [-0.4, -0.2) is 47.8 Å². The molecule has 1 aliphatic rings. The van der Waals surface area contributed by atoms with Crippen molar-refractivity contribution in [3.63, 3.8) is 0 Å². The second-order valence-corrected chi connectivity index (χ2v) is 8.84. The lowest BCUT2D eigenvalue weighted by molar-refractivity contribution is 0.0948. The number of hydrogen-bond donors (Lipinski definition) is 2. The van der Waals surface area contributed by atoms with Crippen molar-refractivity contribution in [1.82, 2.24) is 15.2 Å². The number of likely N-dealkylation sites (tertiary alicyclic amines) is 1. The standard InChI is InChI=1S/C27H29N3O4/c1-33-20-6-7-24-23(14-20)21(8-11-28-24)25(31)16-30-12-9-19(10-13-30)29-15-18-17-34-26-5-3-2-4-22(26)27(18)32/h2-8,11,14,17,19,25,29,31H,9-10,12-13,15-16H2,1H3/t25-/m1/s1. The van der Waals surface area contributed by atoms with Gasteiger partial charge >= 0.3 is 0 Å². The van der Waals surface area contributed by atoms with Crippen molar-refractivity contribution in [2.24, 2.45) is 0 Å². The predicted octanol–water partition coefficient (Wildman–Crippen LogP) is 3.64. The molecule has 2 N–H and O–H groups in total. The molecule has 0 unspecified atom stereocenters. The van der Waals surface area contributed by atoms with E-state index in [1.54, 1.807) is 25.6 Å². The van der Waals surface area contributed by atoms with Gasteiger partial charge in [-0.25, -0.2) is 0 Å². The first-order chi connectivity index (χ1) is 16.6. The summed E-state index contributed by atoms with van der Waals surface area (Å²) in [7, 11) is 1.64. The van der Waals surface area contributed by atoms with E-state index in [-0.39, 0.29) is 5.43 Å². The summed E-state index contributed by atoms with van der Waals surface area (Å²) in [6.45, 7) is 2.82. The van der Waals surface area contributed by atoms with E-state index in [0.29, 0.717) is 35.7 Å². The van der Waals surface area contributed by atoms with Gasteiger partial charge in [-0.3, -0.25) is 9.78 Å². The topological polar surface area (TPSA) is 87.8 Å². The average molecular weight is 460 g/mol. The van der Waals surface area contributed by atoms with Crippen LogP contribution in [0.25, 0.3) is 21.9 Å². The highest BCUT2D eigenvalue weighted by Gasteiger charge is 2.23. The molecular formula is C27H29N3O4. The fourth-order valence-electron chi connectivity index (χ4n) is 4.72. The highest BCUT2D eigenvalue weighted by Crippen LogP contribution is 2.27. The maximum Gasteiger partial charge on any atom is 0.197 e. The molecule has 7 nitrogen and oxygen atoms in total. The minimum atomic E-state index is -0.607. The van der Waals surface area contributed by atoms with Crippen molar-refractivity contribution in [1.29, 1.82) is 0 Å². The van der Waals surface area contributed by atoms with E-state index in [4.69, 9.17) is 9.15 Å². The molecule has 0 amide bonds. The quantitative estimate of drug-likeness (QED) is 0.436. The van der Waals surface area contributed by atoms with E-state index >= 15 is 0 Å². The summed E-state index contributed by atoms with van der Waals surface area (Å²) in [5, 5.41) is 16.0. The molecule has 7 heteroatoms. The number of aliphatic hydroxyl groups is 1. The zero-order chi connectivity index (χ0) is 23.5. The highest BCUT2D eigenvalue weighted by atomic mass is 16.5. The average Bonchev–Trinajstić information content (AvgIpc) is 2.88. The summed E-state index contributed by atoms with van der Waals surface area (Å²) < 4.78 is 11.0. The van der Waals surface area contributed by atoms with Crippen molar-refractivity contribution in [2.75, 3.05) is 26.7 Å². The van der Waals surface area contributed by atoms with E-state index < -0.39 is 6.10 Å². The summed E-state index contributed by atoms with van der Waals surface area (Å²) in [6, 6.07) is 15.3. The number of aliphatic hydroxyl groups excluding tert-OH is 1. The number of nitrogens with one attached hydrogen (secondary N) is 1. The van der Waals surface area contributed by atoms with Gasteiger partial charge in [-0.1, -0.05) is 12.1 Å². The number of hydrogen-bond acceptors (Lipinski definition) is 7. The van der Waals surface area contributed by atoms with Gasteiger partial charge in [-0.15, -0.1) is 0 Å². The Labute approximate surface area is 198 Å². The molecule has 0 aliphatic carbocycles. The van der Waals surface area contributed by atoms with Gasteiger partial charge in [0, 0.05) is 36.3 Å². The third-order valence-electron chi connectivity index (χ3n) is 6.69. The van der Waals surface area contributed by atoms with Crippen molar-refractivity contribution in [3.05, 3.63) is 82.3 Å². The SMILES string of the molecule is COc1ccc2nccc([C@H](O)CN3CCC(NCc4coc5ccccc5c4=O)CC3)c2c1. The molecule has 0 saturated carbocycles. The van der Waals surface area contributed by atoms with Crippen molar-refractivity contribution in [2.45, 2.75) is 31.5 Å². The number of para-hydroxylation sites is 1. The molecule has 0 spiro atoms. The molecule has 0 radical (unpaired) electrons. The summed E-state index contributed by atoms with van der Waals surface area (Å²) in [6.07, 6.45) is 4.61. The third kappa shape index (κ3) is 4.68. The molecule has 2 aromatic carbocycles. The Morgan fingerprint density at radius 3 is 2.82 bits per heavy atom. The number of ether oxygens (including phenoxy) is 1. The van der Waals surface area contributed by atoms with Crippen LogP contribution in [0.4, 0.5) is 0 Å². The van der Waals surface area contributed by atoms with Gasteiger partial charge in [0.1, 0.15) is 11.3 Å². The predicted molar refractivity (Wildman–Crippen MR) is 132 cm³/mol. The summed E-state index contributed by atoms with van der Waals surface area (Å²) in [5.41, 5.74) is 3.00. The van der Waals surface area contributed by atoms with Gasteiger partial charge < -0.3 is 24.5 Å². The summed E-state index contributed by atoms with van der Waals surface area (Å²) in [4.78, 5) is 19.4. The number of β-amino-alcohol motifs (C(OH)–C–C–N with tert-alkyl or cyclic N) is 1. The lowest BCUT2D eigenvalue weighted by Gasteiger charge is -2.33. The zero-order valence-corrected chi connectivity index (χ0v) is 19.2. The molecule has 2 aromatic heterocycles. The minimum absolute atomic E-state index is 0.0242. The van der Waals surface area contributed by atoms with Gasteiger partial charge in [-0.2, -0.15) is 0 Å². The normalized spacial score (nSPS) is 16.2. The van der Waals surface area contributed by atoms with E-state index in [9.17, 15) is 9.90 Å². The molecule has 1 aliphatic heterocycles. The number of methoxy groups -OCH3 is 1. The van der Waals surface area contributed by atoms with Crippen LogP contribution in [-0.2, 0) is 6.54 Å². The Hall–Kier alpha value is -3.26. The number of rotatable bonds is 7. The van der Waals surface area contributed by atoms with E-state index in [0.717, 1.165) is 48.1 Å². The first kappa shape index (κ1) is 22.5. The molecule has 176 valence electrons. The highest BCUT2D eigenvalue weighted by molar-refractivity contribution is 5.83. The smallest absolute Gasteiger partial charge is 0.197 e. The van der Waals surface area contributed by atoms with Gasteiger partial charge in [0.2, 0.25) is 0 Å². The lowest BCUT2D eigenvalue weighted by atomic mass is 10.0. The molecule has 1 fully saturated rings. The molecular weight excluding hydrogens is 430 g/mol. The van der Waals surface area contributed by atoms with Crippen LogP contribution in [0, 0.1) is 0 Å². The Bertz CT molecular complexity index is 1340. The van der Waals surface area contributed by atoms with Gasteiger partial charge in [0.05, 0.1) is 30.4 Å². The van der Waals surface area contributed by atoms with Crippen LogP contribution in [0.2, 0.25) is 0 Å². The number of fused-ring (bicyclic) bond motifs is 2. The van der Waals surface area contributed by atoms with Gasteiger partial charge in [0.15, 0.2) is 5.43 Å². The van der Waals surface area contributed by atoms with Crippen LogP contribution < -0.4 is 15.5 Å². The van der Waals surface area contributed by atoms with E-state index in [2.05, 4.69) is 15.2 Å². The summed E-state index contributed by atoms with van der Waals surface area (Å²) >= 11 is 0.